The van der Waals surface area contributed by atoms with Gasteiger partial charge in [0.2, 0.25) is 5.76 Å². The van der Waals surface area contributed by atoms with Crippen molar-refractivity contribution in [3.63, 3.8) is 0 Å². The highest BCUT2D eigenvalue weighted by Crippen LogP contribution is 2.17. The average molecular weight is 254 g/mol. The molecule has 1 amide bonds. The maximum atomic E-state index is 11.6. The first-order valence-electron chi connectivity index (χ1n) is 6.01. The number of hydrogen-bond acceptors (Lipinski definition) is 4. The topological polar surface area (TPSA) is 92.4 Å². The van der Waals surface area contributed by atoms with Crippen molar-refractivity contribution in [2.45, 2.75) is 39.0 Å². The summed E-state index contributed by atoms with van der Waals surface area (Å²) in [6.07, 6.45) is 1.36. The smallest absolute Gasteiger partial charge is 0.303 e. The summed E-state index contributed by atoms with van der Waals surface area (Å²) in [5.74, 6) is -0.812. The Morgan fingerprint density at radius 1 is 1.56 bits per heavy atom. The number of carboxylic acids is 1. The highest BCUT2D eigenvalue weighted by atomic mass is 16.5. The number of nitrogens with zero attached hydrogens (tertiary/aromatic N) is 1. The van der Waals surface area contributed by atoms with E-state index in [0.717, 1.165) is 12.1 Å². The minimum absolute atomic E-state index is 0.0365. The number of nitrogens with one attached hydrogen (secondary N) is 1. The maximum Gasteiger partial charge on any atom is 0.303 e. The molecule has 0 aliphatic carbocycles. The highest BCUT2D eigenvalue weighted by Gasteiger charge is 2.15. The van der Waals surface area contributed by atoms with Gasteiger partial charge in [-0.15, -0.1) is 0 Å². The molecule has 0 bridgehead atoms. The van der Waals surface area contributed by atoms with Gasteiger partial charge in [0.25, 0.3) is 5.91 Å². The Balaban J connectivity index is 2.42. The Kier molecular flexibility index (Phi) is 5.35. The van der Waals surface area contributed by atoms with Crippen molar-refractivity contribution in [3.8, 4) is 0 Å². The van der Waals surface area contributed by atoms with Crippen molar-refractivity contribution >= 4 is 11.9 Å². The lowest BCUT2D eigenvalue weighted by molar-refractivity contribution is -0.137. The van der Waals surface area contributed by atoms with Gasteiger partial charge in [-0.1, -0.05) is 19.0 Å². The molecule has 0 aliphatic rings. The minimum atomic E-state index is -0.872. The first-order valence-corrected chi connectivity index (χ1v) is 6.01. The Labute approximate surface area is 105 Å². The summed E-state index contributed by atoms with van der Waals surface area (Å²) in [5.41, 5.74) is 0.758. The molecule has 0 saturated heterocycles. The van der Waals surface area contributed by atoms with Crippen LogP contribution < -0.4 is 5.32 Å². The van der Waals surface area contributed by atoms with E-state index in [1.807, 2.05) is 13.8 Å². The summed E-state index contributed by atoms with van der Waals surface area (Å²) in [5, 5.41) is 14.9. The van der Waals surface area contributed by atoms with E-state index in [1.165, 1.54) is 0 Å². The van der Waals surface area contributed by atoms with Crippen molar-refractivity contribution in [1.82, 2.24) is 10.5 Å². The lowest BCUT2D eigenvalue weighted by Gasteiger charge is -2.01. The zero-order chi connectivity index (χ0) is 13.5. The van der Waals surface area contributed by atoms with E-state index >= 15 is 0 Å². The van der Waals surface area contributed by atoms with E-state index in [0.29, 0.717) is 13.0 Å². The van der Waals surface area contributed by atoms with Crippen molar-refractivity contribution in [3.05, 3.63) is 17.5 Å². The number of rotatable bonds is 7. The van der Waals surface area contributed by atoms with Crippen LogP contribution in [0.25, 0.3) is 0 Å². The third kappa shape index (κ3) is 4.20. The second-order valence-electron chi connectivity index (χ2n) is 4.18. The van der Waals surface area contributed by atoms with Gasteiger partial charge in [0.05, 0.1) is 5.69 Å². The number of aromatic nitrogens is 1. The molecule has 0 radical (unpaired) electrons. The van der Waals surface area contributed by atoms with Gasteiger partial charge >= 0.3 is 5.97 Å². The summed E-state index contributed by atoms with van der Waals surface area (Å²) < 4.78 is 4.95. The fourth-order valence-electron chi connectivity index (χ4n) is 1.37. The lowest BCUT2D eigenvalue weighted by atomic mass is 10.1. The van der Waals surface area contributed by atoms with E-state index < -0.39 is 5.97 Å². The van der Waals surface area contributed by atoms with Gasteiger partial charge in [-0.2, -0.15) is 0 Å². The maximum absolute atomic E-state index is 11.6. The molecule has 0 unspecified atom stereocenters. The minimum Gasteiger partial charge on any atom is -0.481 e. The van der Waals surface area contributed by atoms with Crippen molar-refractivity contribution in [1.29, 1.82) is 0 Å². The monoisotopic (exact) mass is 254 g/mol. The molecule has 0 saturated carbocycles. The third-order valence-electron chi connectivity index (χ3n) is 2.72. The Bertz CT molecular complexity index is 414. The zero-order valence-electron chi connectivity index (χ0n) is 10.6. The van der Waals surface area contributed by atoms with Crippen LogP contribution in [0.15, 0.2) is 10.6 Å². The summed E-state index contributed by atoms with van der Waals surface area (Å²) in [6, 6.07) is 1.63. The Hall–Kier alpha value is -1.85. The molecule has 18 heavy (non-hydrogen) atoms. The van der Waals surface area contributed by atoms with Crippen LogP contribution in [0.2, 0.25) is 0 Å². The van der Waals surface area contributed by atoms with Gasteiger partial charge in [0.15, 0.2) is 0 Å². The van der Waals surface area contributed by atoms with Crippen LogP contribution in [0.1, 0.15) is 55.3 Å². The van der Waals surface area contributed by atoms with E-state index in [9.17, 15) is 9.59 Å². The zero-order valence-corrected chi connectivity index (χ0v) is 10.6. The second kappa shape index (κ2) is 6.78. The number of carbonyl (C=O) groups is 2. The predicted octanol–water partition coefficient (Wildman–Crippen LogP) is 1.78. The number of carbonyl (C=O) groups excluding carboxylic acids is 1. The largest absolute Gasteiger partial charge is 0.481 e. The molecule has 0 fully saturated rings. The van der Waals surface area contributed by atoms with Gasteiger partial charge in [-0.25, -0.2) is 0 Å². The van der Waals surface area contributed by atoms with Crippen molar-refractivity contribution < 1.29 is 19.2 Å². The van der Waals surface area contributed by atoms with Crippen LogP contribution in [-0.2, 0) is 4.79 Å². The Morgan fingerprint density at radius 3 is 2.89 bits per heavy atom. The highest BCUT2D eigenvalue weighted by molar-refractivity contribution is 5.91. The van der Waals surface area contributed by atoms with Gasteiger partial charge < -0.3 is 14.9 Å². The third-order valence-corrected chi connectivity index (χ3v) is 2.72. The molecule has 100 valence electrons. The summed E-state index contributed by atoms with van der Waals surface area (Å²) in [4.78, 5) is 21.9. The van der Waals surface area contributed by atoms with Gasteiger partial charge in [0.1, 0.15) is 0 Å². The molecule has 1 heterocycles. The SMILES string of the molecule is CC[C@H](C)c1cc(C(=O)NCCCC(=O)O)on1. The molecule has 6 nitrogen and oxygen atoms in total. The van der Waals surface area contributed by atoms with E-state index in [4.69, 9.17) is 9.63 Å². The molecule has 1 aromatic rings. The van der Waals surface area contributed by atoms with E-state index in [1.54, 1.807) is 6.07 Å². The van der Waals surface area contributed by atoms with Crippen molar-refractivity contribution in [2.75, 3.05) is 6.54 Å². The molecule has 1 atom stereocenters. The lowest BCUT2D eigenvalue weighted by Crippen LogP contribution is -2.24. The van der Waals surface area contributed by atoms with Crippen LogP contribution in [0.4, 0.5) is 0 Å². The number of aliphatic carboxylic acids is 1. The van der Waals surface area contributed by atoms with Gasteiger partial charge in [0, 0.05) is 24.9 Å². The number of amides is 1. The molecule has 2 N–H and O–H groups in total. The summed E-state index contributed by atoms with van der Waals surface area (Å²) in [7, 11) is 0. The van der Waals surface area contributed by atoms with Gasteiger partial charge in [-0.3, -0.25) is 9.59 Å². The van der Waals surface area contributed by atoms with Crippen LogP contribution in [0.5, 0.6) is 0 Å². The van der Waals surface area contributed by atoms with Crippen LogP contribution >= 0.6 is 0 Å². The first kappa shape index (κ1) is 14.2. The molecule has 1 aromatic heterocycles. The van der Waals surface area contributed by atoms with E-state index in [2.05, 4.69) is 10.5 Å². The molecular formula is C12H18N2O4. The molecule has 0 aromatic carbocycles. The average Bonchev–Trinajstić information content (AvgIpc) is 2.82. The quantitative estimate of drug-likeness (QED) is 0.723. The van der Waals surface area contributed by atoms with E-state index in [-0.39, 0.29) is 24.0 Å². The van der Waals surface area contributed by atoms with Crippen LogP contribution in [-0.4, -0.2) is 28.7 Å². The molecule has 6 heteroatoms. The van der Waals surface area contributed by atoms with Crippen LogP contribution in [0, 0.1) is 0 Å². The molecule has 1 rings (SSSR count). The fourth-order valence-corrected chi connectivity index (χ4v) is 1.37. The Morgan fingerprint density at radius 2 is 2.28 bits per heavy atom. The number of hydrogen-bond donors (Lipinski definition) is 2. The van der Waals surface area contributed by atoms with Gasteiger partial charge in [-0.05, 0) is 12.8 Å². The first-order chi connectivity index (χ1) is 8.54. The summed E-state index contributed by atoms with van der Waals surface area (Å²) in [6.45, 7) is 4.35. The molecule has 0 aliphatic heterocycles. The van der Waals surface area contributed by atoms with Crippen molar-refractivity contribution in [2.24, 2.45) is 0 Å². The van der Waals surface area contributed by atoms with Crippen LogP contribution in [0.3, 0.4) is 0 Å². The standard InChI is InChI=1S/C12H18N2O4/c1-3-8(2)9-7-10(18-14-9)12(17)13-6-4-5-11(15)16/h7-8H,3-6H2,1-2H3,(H,13,17)(H,15,16)/t8-/m0/s1. The summed E-state index contributed by atoms with van der Waals surface area (Å²) >= 11 is 0. The number of carboxylic acid groups (broad SMARTS) is 1. The fraction of sp³-hybridized carbons (Fsp3) is 0.583. The predicted molar refractivity (Wildman–Crippen MR) is 64.4 cm³/mol. The normalized spacial score (nSPS) is 12.1. The molecule has 0 spiro atoms. The molecular weight excluding hydrogens is 236 g/mol. The second-order valence-corrected chi connectivity index (χ2v) is 4.18.